The summed E-state index contributed by atoms with van der Waals surface area (Å²) in [6.45, 7) is -0.00301. The second-order valence-electron chi connectivity index (χ2n) is 6.09. The van der Waals surface area contributed by atoms with E-state index in [2.05, 4.69) is 5.32 Å². The number of nitrogens with one attached hydrogen (secondary N) is 1. The summed E-state index contributed by atoms with van der Waals surface area (Å²) in [6, 6.07) is 19.4. The lowest BCUT2D eigenvalue weighted by Crippen LogP contribution is -2.31. The zero-order chi connectivity index (χ0) is 19.7. The summed E-state index contributed by atoms with van der Waals surface area (Å²) in [6.07, 6.45) is 0. The Hall–Kier alpha value is -3.03. The molecule has 0 aromatic heterocycles. The molecule has 0 saturated heterocycles. The Balaban J connectivity index is 1.66. The molecular formula is C20H14ClN3O3S. The largest absolute Gasteiger partial charge is 0.330 e. The standard InChI is InChI=1S/C20H14ClN3O3S/c21-13-9-10-19-17(11-13)23(16-7-3-4-8-18(16)28-19)12-20(25)22-14-5-1-2-6-15(14)24(26)27/h1-11H,12H2,(H,22,25). The maximum atomic E-state index is 12.7. The van der Waals surface area contributed by atoms with E-state index in [-0.39, 0.29) is 23.8 Å². The maximum absolute atomic E-state index is 12.7. The highest BCUT2D eigenvalue weighted by Gasteiger charge is 2.26. The first-order valence-electron chi connectivity index (χ1n) is 8.40. The van der Waals surface area contributed by atoms with Crippen LogP contribution in [0.25, 0.3) is 0 Å². The van der Waals surface area contributed by atoms with Crippen LogP contribution in [-0.2, 0) is 4.79 Å². The van der Waals surface area contributed by atoms with Gasteiger partial charge in [-0.3, -0.25) is 14.9 Å². The molecule has 0 atom stereocenters. The average molecular weight is 412 g/mol. The van der Waals surface area contributed by atoms with Gasteiger partial charge in [-0.15, -0.1) is 0 Å². The fraction of sp³-hybridized carbons (Fsp3) is 0.0500. The van der Waals surface area contributed by atoms with Crippen LogP contribution >= 0.6 is 23.4 Å². The van der Waals surface area contributed by atoms with E-state index in [9.17, 15) is 14.9 Å². The van der Waals surface area contributed by atoms with Crippen molar-refractivity contribution in [3.63, 3.8) is 0 Å². The van der Waals surface area contributed by atoms with E-state index in [1.54, 1.807) is 23.9 Å². The molecule has 8 heteroatoms. The third kappa shape index (κ3) is 3.54. The normalized spacial score (nSPS) is 12.1. The number of para-hydroxylation sites is 3. The van der Waals surface area contributed by atoms with Gasteiger partial charge in [-0.05, 0) is 36.4 Å². The van der Waals surface area contributed by atoms with Crippen LogP contribution in [0, 0.1) is 10.1 Å². The van der Waals surface area contributed by atoms with E-state index in [0.717, 1.165) is 21.2 Å². The number of hydrogen-bond donors (Lipinski definition) is 1. The molecule has 1 aliphatic heterocycles. The molecule has 0 fully saturated rings. The molecule has 28 heavy (non-hydrogen) atoms. The van der Waals surface area contributed by atoms with Gasteiger partial charge in [0.1, 0.15) is 12.2 Å². The molecule has 0 aliphatic carbocycles. The summed E-state index contributed by atoms with van der Waals surface area (Å²) in [7, 11) is 0. The number of anilines is 3. The van der Waals surface area contributed by atoms with E-state index in [1.165, 1.54) is 12.1 Å². The lowest BCUT2D eigenvalue weighted by molar-refractivity contribution is -0.383. The van der Waals surface area contributed by atoms with E-state index in [4.69, 9.17) is 11.6 Å². The number of fused-ring (bicyclic) bond motifs is 2. The summed E-state index contributed by atoms with van der Waals surface area (Å²) < 4.78 is 0. The first-order chi connectivity index (χ1) is 13.5. The number of hydrogen-bond acceptors (Lipinski definition) is 5. The van der Waals surface area contributed by atoms with Gasteiger partial charge < -0.3 is 10.2 Å². The topological polar surface area (TPSA) is 75.5 Å². The van der Waals surface area contributed by atoms with Crippen LogP contribution in [-0.4, -0.2) is 17.4 Å². The SMILES string of the molecule is O=C(CN1c2ccccc2Sc2ccc(Cl)cc21)Nc1ccccc1[N+](=O)[O-]. The Morgan fingerprint density at radius 1 is 1.04 bits per heavy atom. The Labute approximate surface area is 170 Å². The van der Waals surface area contributed by atoms with Crippen molar-refractivity contribution in [1.82, 2.24) is 0 Å². The van der Waals surface area contributed by atoms with Crippen LogP contribution in [0.4, 0.5) is 22.7 Å². The van der Waals surface area contributed by atoms with Gasteiger partial charge in [-0.2, -0.15) is 0 Å². The van der Waals surface area contributed by atoms with Gasteiger partial charge in [0.15, 0.2) is 0 Å². The molecule has 3 aromatic rings. The van der Waals surface area contributed by atoms with Gasteiger partial charge in [0.2, 0.25) is 5.91 Å². The predicted molar refractivity (Wildman–Crippen MR) is 111 cm³/mol. The number of nitro groups is 1. The molecule has 0 spiro atoms. The Bertz CT molecular complexity index is 1090. The summed E-state index contributed by atoms with van der Waals surface area (Å²) in [4.78, 5) is 27.3. The number of amides is 1. The highest BCUT2D eigenvalue weighted by molar-refractivity contribution is 7.99. The van der Waals surface area contributed by atoms with Gasteiger partial charge in [-0.25, -0.2) is 0 Å². The van der Waals surface area contributed by atoms with Crippen molar-refractivity contribution in [1.29, 1.82) is 0 Å². The van der Waals surface area contributed by atoms with Gasteiger partial charge in [0.25, 0.3) is 5.69 Å². The minimum Gasteiger partial charge on any atom is -0.330 e. The highest BCUT2D eigenvalue weighted by atomic mass is 35.5. The highest BCUT2D eigenvalue weighted by Crippen LogP contribution is 2.48. The molecule has 0 radical (unpaired) electrons. The van der Waals surface area contributed by atoms with Crippen LogP contribution < -0.4 is 10.2 Å². The number of benzene rings is 3. The second-order valence-corrected chi connectivity index (χ2v) is 7.61. The van der Waals surface area contributed by atoms with Crippen molar-refractivity contribution in [2.75, 3.05) is 16.8 Å². The monoisotopic (exact) mass is 411 g/mol. The summed E-state index contributed by atoms with van der Waals surface area (Å²) in [5.74, 6) is -0.359. The number of carbonyl (C=O) groups is 1. The smallest absolute Gasteiger partial charge is 0.292 e. The zero-order valence-electron chi connectivity index (χ0n) is 14.5. The fourth-order valence-corrected chi connectivity index (χ4v) is 4.29. The van der Waals surface area contributed by atoms with Crippen LogP contribution in [0.2, 0.25) is 5.02 Å². The second kappa shape index (κ2) is 7.53. The van der Waals surface area contributed by atoms with Crippen molar-refractivity contribution in [3.05, 3.63) is 81.9 Å². The number of halogens is 1. The van der Waals surface area contributed by atoms with Crippen LogP contribution in [0.5, 0.6) is 0 Å². The van der Waals surface area contributed by atoms with Crippen LogP contribution in [0.3, 0.4) is 0 Å². The first kappa shape index (κ1) is 18.3. The lowest BCUT2D eigenvalue weighted by atomic mass is 10.2. The van der Waals surface area contributed by atoms with Crippen LogP contribution in [0.15, 0.2) is 76.5 Å². The molecule has 3 aromatic carbocycles. The quantitative estimate of drug-likeness (QED) is 0.453. The Morgan fingerprint density at radius 2 is 1.75 bits per heavy atom. The zero-order valence-corrected chi connectivity index (χ0v) is 16.0. The lowest BCUT2D eigenvalue weighted by Gasteiger charge is -2.32. The Kier molecular flexibility index (Phi) is 4.93. The summed E-state index contributed by atoms with van der Waals surface area (Å²) >= 11 is 7.79. The minimum absolute atomic E-state index is 0.00301. The molecule has 1 N–H and O–H groups in total. The van der Waals surface area contributed by atoms with Gasteiger partial charge in [0.05, 0.1) is 16.3 Å². The molecule has 4 rings (SSSR count). The molecule has 0 saturated carbocycles. The van der Waals surface area contributed by atoms with E-state index in [1.807, 2.05) is 47.4 Å². The third-order valence-corrected chi connectivity index (χ3v) is 5.63. The van der Waals surface area contributed by atoms with E-state index in [0.29, 0.717) is 5.02 Å². The van der Waals surface area contributed by atoms with Crippen molar-refractivity contribution in [2.45, 2.75) is 9.79 Å². The number of rotatable bonds is 4. The molecule has 0 bridgehead atoms. The molecule has 1 aliphatic rings. The van der Waals surface area contributed by atoms with Crippen molar-refractivity contribution in [2.24, 2.45) is 0 Å². The van der Waals surface area contributed by atoms with Crippen molar-refractivity contribution in [3.8, 4) is 0 Å². The van der Waals surface area contributed by atoms with Gasteiger partial charge >= 0.3 is 0 Å². The predicted octanol–water partition coefficient (Wildman–Crippen LogP) is 5.49. The first-order valence-corrected chi connectivity index (χ1v) is 9.59. The average Bonchev–Trinajstić information content (AvgIpc) is 2.68. The van der Waals surface area contributed by atoms with Crippen molar-refractivity contribution >= 4 is 52.0 Å². The maximum Gasteiger partial charge on any atom is 0.292 e. The molecule has 0 unspecified atom stereocenters. The molecule has 1 heterocycles. The number of carbonyl (C=O) groups excluding carboxylic acids is 1. The van der Waals surface area contributed by atoms with E-state index < -0.39 is 4.92 Å². The number of nitrogens with zero attached hydrogens (tertiary/aromatic N) is 2. The molecule has 6 nitrogen and oxygen atoms in total. The van der Waals surface area contributed by atoms with Gasteiger partial charge in [-0.1, -0.05) is 47.6 Å². The molecule has 140 valence electrons. The van der Waals surface area contributed by atoms with E-state index >= 15 is 0 Å². The minimum atomic E-state index is -0.516. The summed E-state index contributed by atoms with van der Waals surface area (Å²) in [5, 5.41) is 14.4. The van der Waals surface area contributed by atoms with Crippen molar-refractivity contribution < 1.29 is 9.72 Å². The third-order valence-electron chi connectivity index (χ3n) is 4.26. The van der Waals surface area contributed by atoms with Crippen LogP contribution in [0.1, 0.15) is 0 Å². The fourth-order valence-electron chi connectivity index (χ4n) is 3.04. The molecule has 1 amide bonds. The van der Waals surface area contributed by atoms with Gasteiger partial charge in [0, 0.05) is 20.9 Å². The number of nitro benzene ring substituents is 1. The summed E-state index contributed by atoms with van der Waals surface area (Å²) in [5.41, 5.74) is 1.74. The molecular weight excluding hydrogens is 398 g/mol. The Morgan fingerprint density at radius 3 is 2.57 bits per heavy atom.